The Bertz CT molecular complexity index is 991. The van der Waals surface area contributed by atoms with Crippen molar-refractivity contribution in [2.24, 2.45) is 0 Å². The fourth-order valence-electron chi connectivity index (χ4n) is 4.93. The van der Waals surface area contributed by atoms with Crippen LogP contribution in [0.1, 0.15) is 79.6 Å². The number of hydrogen-bond acceptors (Lipinski definition) is 4. The average Bonchev–Trinajstić information content (AvgIpc) is 3.70. The molecule has 1 aromatic carbocycles. The fraction of sp³-hybridized carbons (Fsp3) is 0.519. The third-order valence-electron chi connectivity index (χ3n) is 7.03. The van der Waals surface area contributed by atoms with Crippen LogP contribution in [-0.4, -0.2) is 48.2 Å². The molecule has 182 valence electrons. The van der Waals surface area contributed by atoms with E-state index in [0.717, 1.165) is 63.4 Å². The van der Waals surface area contributed by atoms with Gasteiger partial charge in [0.15, 0.2) is 0 Å². The Hall–Kier alpha value is -2.80. The number of piperidine rings is 1. The monoisotopic (exact) mass is 467 g/mol. The van der Waals surface area contributed by atoms with E-state index in [4.69, 9.17) is 0 Å². The summed E-state index contributed by atoms with van der Waals surface area (Å²) in [4.78, 5) is 39.9. The van der Waals surface area contributed by atoms with Crippen molar-refractivity contribution < 1.29 is 18.8 Å². The van der Waals surface area contributed by atoms with Crippen LogP contribution in [0.15, 0.2) is 42.1 Å². The van der Waals surface area contributed by atoms with Crippen LogP contribution < -0.4 is 10.6 Å². The number of benzene rings is 1. The maximum absolute atomic E-state index is 14.6. The van der Waals surface area contributed by atoms with Crippen LogP contribution in [0.25, 0.3) is 0 Å². The number of nitrogens with zero attached hydrogens (tertiary/aromatic N) is 1. The van der Waals surface area contributed by atoms with E-state index in [1.165, 1.54) is 18.2 Å². The minimum Gasteiger partial charge on any atom is -0.341 e. The number of allylic oxidation sites excluding steroid dienone is 2. The number of hydrogen-bond donors (Lipinski definition) is 2. The molecule has 2 saturated carbocycles. The number of carbonyl (C=O) groups excluding carboxylic acids is 3. The summed E-state index contributed by atoms with van der Waals surface area (Å²) in [5, 5.41) is 6.01. The van der Waals surface area contributed by atoms with Gasteiger partial charge >= 0.3 is 0 Å². The van der Waals surface area contributed by atoms with Gasteiger partial charge in [0.05, 0.1) is 12.2 Å². The highest BCUT2D eigenvalue weighted by Crippen LogP contribution is 2.29. The molecule has 7 heteroatoms. The van der Waals surface area contributed by atoms with Crippen molar-refractivity contribution in [2.75, 3.05) is 19.6 Å². The third kappa shape index (κ3) is 6.20. The van der Waals surface area contributed by atoms with Crippen LogP contribution in [0.5, 0.6) is 0 Å². The lowest BCUT2D eigenvalue weighted by Gasteiger charge is -2.33. The summed E-state index contributed by atoms with van der Waals surface area (Å²) in [5.41, 5.74) is 2.10. The second-order valence-electron chi connectivity index (χ2n) is 9.67. The lowest BCUT2D eigenvalue weighted by molar-refractivity contribution is -0.131. The van der Waals surface area contributed by atoms with Gasteiger partial charge in [-0.1, -0.05) is 13.0 Å². The molecule has 0 radical (unpaired) electrons. The minimum atomic E-state index is -0.499. The van der Waals surface area contributed by atoms with E-state index in [-0.39, 0.29) is 28.9 Å². The lowest BCUT2D eigenvalue weighted by Crippen LogP contribution is -2.43. The van der Waals surface area contributed by atoms with Gasteiger partial charge in [0.25, 0.3) is 5.91 Å². The summed E-state index contributed by atoms with van der Waals surface area (Å²) in [6.45, 7) is 5.11. The summed E-state index contributed by atoms with van der Waals surface area (Å²) < 4.78 is 14.6. The number of ketones is 1. The number of carbonyl (C=O) groups is 3. The maximum atomic E-state index is 14.6. The first-order valence-corrected chi connectivity index (χ1v) is 12.5. The predicted molar refractivity (Wildman–Crippen MR) is 129 cm³/mol. The molecule has 34 heavy (non-hydrogen) atoms. The Labute approximate surface area is 200 Å². The van der Waals surface area contributed by atoms with Crippen LogP contribution in [-0.2, 0) is 9.59 Å². The molecule has 6 nitrogen and oxygen atoms in total. The van der Waals surface area contributed by atoms with Crippen LogP contribution in [0.4, 0.5) is 4.39 Å². The second-order valence-corrected chi connectivity index (χ2v) is 9.67. The molecule has 2 amide bonds. The van der Waals surface area contributed by atoms with Crippen molar-refractivity contribution in [2.45, 2.75) is 69.7 Å². The zero-order valence-electron chi connectivity index (χ0n) is 19.7. The van der Waals surface area contributed by atoms with E-state index in [2.05, 4.69) is 17.2 Å². The van der Waals surface area contributed by atoms with Gasteiger partial charge in [0.1, 0.15) is 5.82 Å². The third-order valence-corrected chi connectivity index (χ3v) is 7.03. The molecule has 3 aliphatic rings. The molecule has 0 spiro atoms. The zero-order valence-corrected chi connectivity index (χ0v) is 19.7. The van der Waals surface area contributed by atoms with Crippen LogP contribution >= 0.6 is 0 Å². The van der Waals surface area contributed by atoms with Gasteiger partial charge in [-0.25, -0.2) is 4.39 Å². The molecule has 1 heterocycles. The molecule has 1 saturated heterocycles. The van der Waals surface area contributed by atoms with Gasteiger partial charge in [-0.3, -0.25) is 14.4 Å². The Balaban J connectivity index is 1.48. The summed E-state index contributed by atoms with van der Waals surface area (Å²) in [6.07, 6.45) is 9.73. The van der Waals surface area contributed by atoms with Crippen molar-refractivity contribution in [3.63, 3.8) is 0 Å². The standard InChI is InChI=1S/C27H34FN3O3/c1-2-24(32)26(18-7-4-3-5-8-18)30-27(34)21-13-20(14-22(28)15-21)19-9-6-12-31(17-19)25(33)16-29-23-10-11-23/h2,13-15,19,23,29H,1,3-12,16-17H2,(H,30,34). The van der Waals surface area contributed by atoms with Crippen molar-refractivity contribution in [3.8, 4) is 0 Å². The highest BCUT2D eigenvalue weighted by Gasteiger charge is 2.28. The number of halogens is 1. The summed E-state index contributed by atoms with van der Waals surface area (Å²) in [5.74, 6) is -1.28. The fourth-order valence-corrected chi connectivity index (χ4v) is 4.93. The molecule has 1 atom stereocenters. The van der Waals surface area contributed by atoms with E-state index in [1.54, 1.807) is 6.07 Å². The molecular weight excluding hydrogens is 433 g/mol. The normalized spacial score (nSPS) is 20.6. The molecule has 2 aliphatic carbocycles. The topological polar surface area (TPSA) is 78.5 Å². The minimum absolute atomic E-state index is 0.0353. The van der Waals surface area contributed by atoms with E-state index in [1.807, 2.05) is 4.90 Å². The number of likely N-dealkylation sites (tertiary alicyclic amines) is 1. The van der Waals surface area contributed by atoms with Crippen LogP contribution in [0.3, 0.4) is 0 Å². The zero-order chi connectivity index (χ0) is 24.1. The van der Waals surface area contributed by atoms with Crippen LogP contribution in [0.2, 0.25) is 0 Å². The average molecular weight is 468 g/mol. The Morgan fingerprint density at radius 2 is 1.82 bits per heavy atom. The highest BCUT2D eigenvalue weighted by molar-refractivity contribution is 6.08. The Morgan fingerprint density at radius 3 is 2.53 bits per heavy atom. The number of nitrogens with one attached hydrogen (secondary N) is 2. The highest BCUT2D eigenvalue weighted by atomic mass is 19.1. The number of rotatable bonds is 8. The molecule has 1 aliphatic heterocycles. The molecule has 1 aromatic rings. The van der Waals surface area contributed by atoms with Crippen LogP contribution in [0, 0.1) is 5.82 Å². The Kier molecular flexibility index (Phi) is 7.93. The molecule has 3 fully saturated rings. The van der Waals surface area contributed by atoms with E-state index >= 15 is 0 Å². The second kappa shape index (κ2) is 11.1. The summed E-state index contributed by atoms with van der Waals surface area (Å²) in [7, 11) is 0. The van der Waals surface area contributed by atoms with E-state index < -0.39 is 11.7 Å². The maximum Gasteiger partial charge on any atom is 0.255 e. The first kappa shape index (κ1) is 24.3. The van der Waals surface area contributed by atoms with E-state index in [9.17, 15) is 18.8 Å². The van der Waals surface area contributed by atoms with Gasteiger partial charge in [0.2, 0.25) is 11.7 Å². The molecule has 1 unspecified atom stereocenters. The summed E-state index contributed by atoms with van der Waals surface area (Å²) in [6, 6.07) is 4.82. The molecular formula is C27H34FN3O3. The molecule has 0 aromatic heterocycles. The van der Waals surface area contributed by atoms with Gasteiger partial charge in [-0.2, -0.15) is 0 Å². The van der Waals surface area contributed by atoms with Crippen molar-refractivity contribution >= 4 is 17.6 Å². The SMILES string of the molecule is C=CC(=O)C(NC(=O)c1cc(F)cc(C2CCCN(C(=O)CNC3CC3)C2)c1)=C1CCCCC1. The van der Waals surface area contributed by atoms with E-state index in [0.29, 0.717) is 31.2 Å². The van der Waals surface area contributed by atoms with Crippen molar-refractivity contribution in [3.05, 3.63) is 59.1 Å². The van der Waals surface area contributed by atoms with Gasteiger partial charge in [-0.15, -0.1) is 0 Å². The van der Waals surface area contributed by atoms with Gasteiger partial charge < -0.3 is 15.5 Å². The molecule has 4 rings (SSSR count). The largest absolute Gasteiger partial charge is 0.341 e. The van der Waals surface area contributed by atoms with Crippen molar-refractivity contribution in [1.82, 2.24) is 15.5 Å². The first-order valence-electron chi connectivity index (χ1n) is 12.5. The molecule has 0 bridgehead atoms. The van der Waals surface area contributed by atoms with Gasteiger partial charge in [-0.05, 0) is 86.8 Å². The smallest absolute Gasteiger partial charge is 0.255 e. The summed E-state index contributed by atoms with van der Waals surface area (Å²) >= 11 is 0. The van der Waals surface area contributed by atoms with Crippen molar-refractivity contribution in [1.29, 1.82) is 0 Å². The first-order chi connectivity index (χ1) is 16.4. The molecule has 2 N–H and O–H groups in total. The number of amides is 2. The quantitative estimate of drug-likeness (QED) is 0.567. The Morgan fingerprint density at radius 1 is 1.06 bits per heavy atom. The van der Waals surface area contributed by atoms with Gasteiger partial charge in [0, 0.05) is 30.6 Å². The predicted octanol–water partition coefficient (Wildman–Crippen LogP) is 3.99. The lowest BCUT2D eigenvalue weighted by atomic mass is 9.89.